The van der Waals surface area contributed by atoms with Crippen LogP contribution >= 0.6 is 7.82 Å². The molecular formula is C68H133N2O6P. The zero-order chi connectivity index (χ0) is 56.3. The third kappa shape index (κ3) is 62.2. The first-order chi connectivity index (χ1) is 37.5. The van der Waals surface area contributed by atoms with Crippen LogP contribution in [0.25, 0.3) is 0 Å². The fourth-order valence-corrected chi connectivity index (χ4v) is 11.0. The number of carbonyl (C=O) groups is 1. The molecule has 3 unspecified atom stereocenters. The molecule has 0 radical (unpaired) electrons. The minimum absolute atomic E-state index is 0.00734. The van der Waals surface area contributed by atoms with Crippen LogP contribution in [0.4, 0.5) is 0 Å². The predicted octanol–water partition coefficient (Wildman–Crippen LogP) is 20.6. The fourth-order valence-electron chi connectivity index (χ4n) is 10.3. The molecule has 77 heavy (non-hydrogen) atoms. The number of amides is 1. The Morgan fingerprint density at radius 2 is 0.727 bits per heavy atom. The molecule has 0 aliphatic heterocycles. The van der Waals surface area contributed by atoms with Crippen molar-refractivity contribution in [2.24, 2.45) is 0 Å². The zero-order valence-electron chi connectivity index (χ0n) is 52.2. The Kier molecular flexibility index (Phi) is 58.4. The normalized spacial score (nSPS) is 13.9. The van der Waals surface area contributed by atoms with Crippen LogP contribution < -0.4 is 10.2 Å². The van der Waals surface area contributed by atoms with Gasteiger partial charge in [-0.15, -0.1) is 0 Å². The van der Waals surface area contributed by atoms with Crippen molar-refractivity contribution in [1.82, 2.24) is 5.32 Å². The number of hydrogen-bond donors (Lipinski definition) is 2. The Balaban J connectivity index is 3.93. The van der Waals surface area contributed by atoms with Crippen molar-refractivity contribution in [3.63, 3.8) is 0 Å². The first-order valence-electron chi connectivity index (χ1n) is 33.9. The second kappa shape index (κ2) is 59.3. The van der Waals surface area contributed by atoms with Crippen molar-refractivity contribution >= 4 is 13.7 Å². The van der Waals surface area contributed by atoms with E-state index in [9.17, 15) is 19.4 Å². The number of phosphoric ester groups is 1. The number of carbonyl (C=O) groups excluding carboxylic acids is 1. The average molecular weight is 1110 g/mol. The molecular weight excluding hydrogens is 972 g/mol. The predicted molar refractivity (Wildman–Crippen MR) is 335 cm³/mol. The van der Waals surface area contributed by atoms with E-state index in [1.54, 1.807) is 6.08 Å². The summed E-state index contributed by atoms with van der Waals surface area (Å²) in [5.74, 6) is -0.205. The summed E-state index contributed by atoms with van der Waals surface area (Å²) in [6.07, 6.45) is 78.6. The second-order valence-electron chi connectivity index (χ2n) is 24.5. The molecule has 0 rings (SSSR count). The third-order valence-corrected chi connectivity index (χ3v) is 16.5. The van der Waals surface area contributed by atoms with Crippen molar-refractivity contribution < 1.29 is 32.9 Å². The summed E-state index contributed by atoms with van der Waals surface area (Å²) in [5.41, 5.74) is 0. The summed E-state index contributed by atoms with van der Waals surface area (Å²) in [5, 5.41) is 13.9. The van der Waals surface area contributed by atoms with Crippen molar-refractivity contribution in [3.8, 4) is 0 Å². The summed E-state index contributed by atoms with van der Waals surface area (Å²) in [6, 6.07) is -0.908. The summed E-state index contributed by atoms with van der Waals surface area (Å²) >= 11 is 0. The van der Waals surface area contributed by atoms with E-state index in [-0.39, 0.29) is 12.5 Å². The zero-order valence-corrected chi connectivity index (χ0v) is 53.1. The van der Waals surface area contributed by atoms with Crippen LogP contribution in [0.1, 0.15) is 341 Å². The van der Waals surface area contributed by atoms with Gasteiger partial charge in [0.1, 0.15) is 13.2 Å². The van der Waals surface area contributed by atoms with Gasteiger partial charge in [0.15, 0.2) is 0 Å². The second-order valence-corrected chi connectivity index (χ2v) is 25.9. The van der Waals surface area contributed by atoms with Gasteiger partial charge in [0, 0.05) is 6.42 Å². The highest BCUT2D eigenvalue weighted by atomic mass is 31.2. The lowest BCUT2D eigenvalue weighted by molar-refractivity contribution is -0.870. The molecule has 8 nitrogen and oxygen atoms in total. The van der Waals surface area contributed by atoms with Crippen molar-refractivity contribution in [2.45, 2.75) is 353 Å². The van der Waals surface area contributed by atoms with Crippen LogP contribution in [-0.2, 0) is 18.4 Å². The van der Waals surface area contributed by atoms with Gasteiger partial charge in [-0.05, 0) is 44.9 Å². The number of allylic oxidation sites excluding steroid dienone is 5. The van der Waals surface area contributed by atoms with Gasteiger partial charge in [-0.3, -0.25) is 9.36 Å². The lowest BCUT2D eigenvalue weighted by atomic mass is 10.0. The molecule has 0 aliphatic rings. The minimum Gasteiger partial charge on any atom is -0.756 e. The van der Waals surface area contributed by atoms with Crippen LogP contribution in [0.2, 0.25) is 0 Å². The Labute approximate surface area is 480 Å². The average Bonchev–Trinajstić information content (AvgIpc) is 3.39. The number of aliphatic hydroxyl groups excluding tert-OH is 1. The van der Waals surface area contributed by atoms with Gasteiger partial charge >= 0.3 is 0 Å². The van der Waals surface area contributed by atoms with Crippen LogP contribution in [0.3, 0.4) is 0 Å². The number of rotatable bonds is 63. The minimum atomic E-state index is -4.61. The number of phosphoric acid groups is 1. The molecule has 456 valence electrons. The smallest absolute Gasteiger partial charge is 0.268 e. The number of unbranched alkanes of at least 4 members (excludes halogenated alkanes) is 46. The Morgan fingerprint density at radius 1 is 0.442 bits per heavy atom. The van der Waals surface area contributed by atoms with Gasteiger partial charge in [0.05, 0.1) is 39.9 Å². The van der Waals surface area contributed by atoms with Crippen molar-refractivity contribution in [1.29, 1.82) is 0 Å². The van der Waals surface area contributed by atoms with E-state index < -0.39 is 26.6 Å². The quantitative estimate of drug-likeness (QED) is 0.0272. The molecule has 0 aliphatic carbocycles. The van der Waals surface area contributed by atoms with Crippen molar-refractivity contribution in [2.75, 3.05) is 40.9 Å². The molecule has 3 atom stereocenters. The standard InChI is InChI=1S/C68H133N2O6P/c1-6-8-10-12-14-16-18-20-22-24-25-26-27-28-29-30-31-32-33-34-35-36-37-38-39-40-41-42-43-44-46-48-50-52-54-56-58-60-62-68(72)69-66(65-76-77(73,74)75-64-63-70(3,4)5)67(71)61-59-57-55-53-51-49-47-45-23-21-19-17-15-13-11-9-7-2/h23,45,51,53,59,61,66-67,71H,6-22,24-44,46-50,52,54-58,60,62-65H2,1-5H3,(H-,69,72,73,74)/b45-23+,53-51+,61-59+. The maximum atomic E-state index is 13.0. The van der Waals surface area contributed by atoms with Gasteiger partial charge < -0.3 is 28.8 Å². The van der Waals surface area contributed by atoms with Crippen LogP contribution in [0, 0.1) is 0 Å². The van der Waals surface area contributed by atoms with E-state index in [0.29, 0.717) is 17.4 Å². The number of aliphatic hydroxyl groups is 1. The monoisotopic (exact) mass is 1100 g/mol. The molecule has 9 heteroatoms. The highest BCUT2D eigenvalue weighted by molar-refractivity contribution is 7.45. The van der Waals surface area contributed by atoms with E-state index >= 15 is 0 Å². The van der Waals surface area contributed by atoms with Gasteiger partial charge in [0.25, 0.3) is 7.82 Å². The van der Waals surface area contributed by atoms with Crippen molar-refractivity contribution in [3.05, 3.63) is 36.5 Å². The van der Waals surface area contributed by atoms with Crippen LogP contribution in [-0.4, -0.2) is 68.5 Å². The molecule has 0 heterocycles. The molecule has 1 amide bonds. The lowest BCUT2D eigenvalue weighted by Crippen LogP contribution is -2.45. The Bertz CT molecular complexity index is 1350. The summed E-state index contributed by atoms with van der Waals surface area (Å²) in [7, 11) is 1.25. The van der Waals surface area contributed by atoms with E-state index in [0.717, 1.165) is 44.9 Å². The molecule has 0 aromatic rings. The number of nitrogens with zero attached hydrogens (tertiary/aromatic N) is 1. The summed E-state index contributed by atoms with van der Waals surface area (Å²) < 4.78 is 23.4. The molecule has 2 N–H and O–H groups in total. The maximum absolute atomic E-state index is 13.0. The van der Waals surface area contributed by atoms with Gasteiger partial charge in [-0.2, -0.15) is 0 Å². The Morgan fingerprint density at radius 3 is 1.05 bits per heavy atom. The van der Waals surface area contributed by atoms with Gasteiger partial charge in [0.2, 0.25) is 5.91 Å². The van der Waals surface area contributed by atoms with E-state index in [4.69, 9.17) is 9.05 Å². The molecule has 0 saturated carbocycles. The SMILES string of the molecule is CCCCCCCCC/C=C/CC/C=C/CC/C=C/C(O)C(COP(=O)([O-])OCC[N+](C)(C)C)NC(=O)CCCCCCCCCCCCCCCCCCCCCCCCCCCCCCCCCCCCCCCC. The first-order valence-corrected chi connectivity index (χ1v) is 35.3. The number of likely N-dealkylation sites (N-methyl/N-ethyl adjacent to an activating group) is 1. The molecule has 0 spiro atoms. The fraction of sp³-hybridized carbons (Fsp3) is 0.897. The summed E-state index contributed by atoms with van der Waals surface area (Å²) in [6.45, 7) is 4.66. The van der Waals surface area contributed by atoms with E-state index in [1.165, 1.54) is 276 Å². The van der Waals surface area contributed by atoms with Crippen LogP contribution in [0.15, 0.2) is 36.5 Å². The van der Waals surface area contributed by atoms with Crippen LogP contribution in [0.5, 0.6) is 0 Å². The highest BCUT2D eigenvalue weighted by Gasteiger charge is 2.23. The number of nitrogens with one attached hydrogen (secondary N) is 1. The van der Waals surface area contributed by atoms with E-state index in [1.807, 2.05) is 27.2 Å². The molecule has 0 aromatic heterocycles. The number of hydrogen-bond acceptors (Lipinski definition) is 6. The molecule has 0 bridgehead atoms. The molecule has 0 fully saturated rings. The summed E-state index contributed by atoms with van der Waals surface area (Å²) in [4.78, 5) is 25.5. The maximum Gasteiger partial charge on any atom is 0.268 e. The lowest BCUT2D eigenvalue weighted by Gasteiger charge is -2.29. The molecule has 0 saturated heterocycles. The van der Waals surface area contributed by atoms with E-state index in [2.05, 4.69) is 43.5 Å². The first kappa shape index (κ1) is 75.7. The molecule has 0 aromatic carbocycles. The van der Waals surface area contributed by atoms with Gasteiger partial charge in [-0.1, -0.05) is 326 Å². The Hall–Kier alpha value is -1.28. The van der Waals surface area contributed by atoms with Gasteiger partial charge in [-0.25, -0.2) is 0 Å². The third-order valence-electron chi connectivity index (χ3n) is 15.6. The largest absolute Gasteiger partial charge is 0.756 e. The highest BCUT2D eigenvalue weighted by Crippen LogP contribution is 2.38. The topological polar surface area (TPSA) is 108 Å². The number of quaternary nitrogens is 1.